The number of carbonyl (C=O) groups is 2. The molecule has 128 valence electrons. The second-order valence-electron chi connectivity index (χ2n) is 5.99. The zero-order chi connectivity index (χ0) is 18.1. The first-order valence-corrected chi connectivity index (χ1v) is 8.30. The van der Waals surface area contributed by atoms with Crippen molar-refractivity contribution in [3.63, 3.8) is 0 Å². The standard InChI is InChI=1S/C21H16N2O3/c1-14(26-21(25)15-10-12-22-13-11-15)20(24)23-18-8-4-2-6-16(18)17-7-3-5-9-19(17)23/h2-14H,1H3. The topological polar surface area (TPSA) is 61.2 Å². The molecule has 2 aromatic carbocycles. The van der Waals surface area contributed by atoms with Crippen molar-refractivity contribution in [2.45, 2.75) is 13.0 Å². The van der Waals surface area contributed by atoms with E-state index < -0.39 is 12.1 Å². The molecule has 0 N–H and O–H groups in total. The van der Waals surface area contributed by atoms with Gasteiger partial charge >= 0.3 is 5.97 Å². The zero-order valence-electron chi connectivity index (χ0n) is 14.1. The number of carbonyl (C=O) groups excluding carboxylic acids is 2. The van der Waals surface area contributed by atoms with Crippen molar-refractivity contribution >= 4 is 33.7 Å². The van der Waals surface area contributed by atoms with Gasteiger partial charge in [-0.3, -0.25) is 14.3 Å². The quantitative estimate of drug-likeness (QED) is 0.526. The van der Waals surface area contributed by atoms with Crippen LogP contribution >= 0.6 is 0 Å². The SMILES string of the molecule is CC(OC(=O)c1ccncc1)C(=O)n1c2ccccc2c2ccccc21. The molecule has 0 spiro atoms. The number of pyridine rings is 1. The van der Waals surface area contributed by atoms with Crippen molar-refractivity contribution in [3.8, 4) is 0 Å². The molecule has 4 rings (SSSR count). The van der Waals surface area contributed by atoms with Crippen LogP contribution in [0, 0.1) is 0 Å². The van der Waals surface area contributed by atoms with Crippen LogP contribution in [0.4, 0.5) is 0 Å². The van der Waals surface area contributed by atoms with Crippen LogP contribution in [-0.4, -0.2) is 27.5 Å². The molecule has 0 aliphatic rings. The number of hydrogen-bond acceptors (Lipinski definition) is 4. The fourth-order valence-electron chi connectivity index (χ4n) is 3.11. The summed E-state index contributed by atoms with van der Waals surface area (Å²) in [6, 6.07) is 18.5. The van der Waals surface area contributed by atoms with E-state index in [1.165, 1.54) is 12.4 Å². The summed E-state index contributed by atoms with van der Waals surface area (Å²) in [5.41, 5.74) is 1.96. The molecule has 0 bridgehead atoms. The van der Waals surface area contributed by atoms with Crippen LogP contribution in [0.5, 0.6) is 0 Å². The van der Waals surface area contributed by atoms with Gasteiger partial charge < -0.3 is 4.74 Å². The Bertz CT molecular complexity index is 1060. The average Bonchev–Trinajstić information content (AvgIpc) is 3.02. The summed E-state index contributed by atoms with van der Waals surface area (Å²) < 4.78 is 7.00. The maximum Gasteiger partial charge on any atom is 0.339 e. The summed E-state index contributed by atoms with van der Waals surface area (Å²) in [5.74, 6) is -0.834. The third-order valence-corrected chi connectivity index (χ3v) is 4.35. The van der Waals surface area contributed by atoms with E-state index in [2.05, 4.69) is 4.98 Å². The molecule has 2 aromatic heterocycles. The molecule has 0 aliphatic carbocycles. The van der Waals surface area contributed by atoms with Gasteiger partial charge in [0.15, 0.2) is 6.10 Å². The van der Waals surface area contributed by atoms with E-state index in [9.17, 15) is 9.59 Å². The molecular weight excluding hydrogens is 328 g/mol. The lowest BCUT2D eigenvalue weighted by Crippen LogP contribution is -2.29. The fraction of sp³-hybridized carbons (Fsp3) is 0.0952. The summed E-state index contributed by atoms with van der Waals surface area (Å²) in [5, 5.41) is 1.98. The van der Waals surface area contributed by atoms with E-state index in [1.54, 1.807) is 23.6 Å². The van der Waals surface area contributed by atoms with Crippen molar-refractivity contribution in [2.75, 3.05) is 0 Å². The molecule has 0 saturated carbocycles. The van der Waals surface area contributed by atoms with E-state index in [-0.39, 0.29) is 5.91 Å². The third kappa shape index (κ3) is 2.63. The van der Waals surface area contributed by atoms with Crippen LogP contribution in [0.25, 0.3) is 21.8 Å². The van der Waals surface area contributed by atoms with Crippen molar-refractivity contribution in [1.82, 2.24) is 9.55 Å². The van der Waals surface area contributed by atoms with Crippen molar-refractivity contribution in [1.29, 1.82) is 0 Å². The van der Waals surface area contributed by atoms with Crippen LogP contribution in [0.2, 0.25) is 0 Å². The molecule has 2 heterocycles. The number of hydrogen-bond donors (Lipinski definition) is 0. The number of nitrogens with zero attached hydrogens (tertiary/aromatic N) is 2. The van der Waals surface area contributed by atoms with Crippen LogP contribution in [0.1, 0.15) is 22.1 Å². The predicted octanol–water partition coefficient (Wildman–Crippen LogP) is 4.08. The van der Waals surface area contributed by atoms with Gasteiger partial charge in [0.1, 0.15) is 0 Å². The highest BCUT2D eigenvalue weighted by molar-refractivity contribution is 6.14. The Balaban J connectivity index is 1.72. The number of rotatable bonds is 3. The molecule has 1 atom stereocenters. The summed E-state index contributed by atoms with van der Waals surface area (Å²) in [6.45, 7) is 1.59. The lowest BCUT2D eigenvalue weighted by Gasteiger charge is -2.14. The number of fused-ring (bicyclic) bond motifs is 3. The van der Waals surface area contributed by atoms with E-state index in [1.807, 2.05) is 48.5 Å². The van der Waals surface area contributed by atoms with Gasteiger partial charge in [0.25, 0.3) is 5.91 Å². The highest BCUT2D eigenvalue weighted by Gasteiger charge is 2.24. The Morgan fingerprint density at radius 3 is 2.00 bits per heavy atom. The molecule has 1 unspecified atom stereocenters. The minimum Gasteiger partial charge on any atom is -0.449 e. The Kier molecular flexibility index (Phi) is 3.97. The summed E-state index contributed by atoms with van der Waals surface area (Å²) >= 11 is 0. The van der Waals surface area contributed by atoms with Crippen LogP contribution < -0.4 is 0 Å². The summed E-state index contributed by atoms with van der Waals surface area (Å²) in [4.78, 5) is 29.2. The number of aromatic nitrogens is 2. The van der Waals surface area contributed by atoms with Gasteiger partial charge in [-0.15, -0.1) is 0 Å². The Labute approximate surface area is 149 Å². The van der Waals surface area contributed by atoms with Crippen molar-refractivity contribution < 1.29 is 14.3 Å². The van der Waals surface area contributed by atoms with Gasteiger partial charge in [-0.1, -0.05) is 36.4 Å². The second-order valence-corrected chi connectivity index (χ2v) is 5.99. The monoisotopic (exact) mass is 344 g/mol. The summed E-state index contributed by atoms with van der Waals surface area (Å²) in [7, 11) is 0. The molecule has 0 aliphatic heterocycles. The summed E-state index contributed by atoms with van der Waals surface area (Å²) in [6.07, 6.45) is 2.10. The minimum absolute atomic E-state index is 0.287. The zero-order valence-corrected chi connectivity index (χ0v) is 14.1. The first-order valence-electron chi connectivity index (χ1n) is 8.30. The van der Waals surface area contributed by atoms with E-state index in [4.69, 9.17) is 4.74 Å². The van der Waals surface area contributed by atoms with E-state index in [0.29, 0.717) is 5.56 Å². The third-order valence-electron chi connectivity index (χ3n) is 4.35. The number of benzene rings is 2. The molecule has 26 heavy (non-hydrogen) atoms. The minimum atomic E-state index is -0.921. The normalized spacial score (nSPS) is 12.2. The highest BCUT2D eigenvalue weighted by atomic mass is 16.5. The van der Waals surface area contributed by atoms with Crippen molar-refractivity contribution in [2.24, 2.45) is 0 Å². The maximum absolute atomic E-state index is 13.1. The van der Waals surface area contributed by atoms with Crippen LogP contribution in [0.15, 0.2) is 73.1 Å². The lowest BCUT2D eigenvalue weighted by molar-refractivity contribution is 0.0288. The van der Waals surface area contributed by atoms with Crippen LogP contribution in [0.3, 0.4) is 0 Å². The fourth-order valence-corrected chi connectivity index (χ4v) is 3.11. The average molecular weight is 344 g/mol. The van der Waals surface area contributed by atoms with E-state index in [0.717, 1.165) is 21.8 Å². The molecule has 0 radical (unpaired) electrons. The molecule has 5 nitrogen and oxygen atoms in total. The maximum atomic E-state index is 13.1. The first-order chi connectivity index (χ1) is 12.7. The smallest absolute Gasteiger partial charge is 0.339 e. The van der Waals surface area contributed by atoms with Gasteiger partial charge in [-0.25, -0.2) is 4.79 Å². The Morgan fingerprint density at radius 1 is 0.885 bits per heavy atom. The van der Waals surface area contributed by atoms with Gasteiger partial charge in [-0.2, -0.15) is 0 Å². The molecular formula is C21H16N2O3. The molecule has 0 amide bonds. The number of para-hydroxylation sites is 2. The predicted molar refractivity (Wildman–Crippen MR) is 99.2 cm³/mol. The molecule has 0 saturated heterocycles. The molecule has 0 fully saturated rings. The number of ether oxygens (including phenoxy) is 1. The Morgan fingerprint density at radius 2 is 1.42 bits per heavy atom. The van der Waals surface area contributed by atoms with Gasteiger partial charge in [-0.05, 0) is 31.2 Å². The Hall–Kier alpha value is -3.47. The van der Waals surface area contributed by atoms with Crippen LogP contribution in [-0.2, 0) is 4.74 Å². The van der Waals surface area contributed by atoms with Gasteiger partial charge in [0, 0.05) is 23.2 Å². The van der Waals surface area contributed by atoms with Crippen molar-refractivity contribution in [3.05, 3.63) is 78.6 Å². The van der Waals surface area contributed by atoms with Gasteiger partial charge in [0.05, 0.1) is 16.6 Å². The van der Waals surface area contributed by atoms with Gasteiger partial charge in [0.2, 0.25) is 0 Å². The molecule has 4 aromatic rings. The number of esters is 1. The highest BCUT2D eigenvalue weighted by Crippen LogP contribution is 2.29. The largest absolute Gasteiger partial charge is 0.449 e. The second kappa shape index (κ2) is 6.44. The lowest BCUT2D eigenvalue weighted by atomic mass is 10.2. The van der Waals surface area contributed by atoms with E-state index >= 15 is 0 Å². The first kappa shape index (κ1) is 16.0. The molecule has 5 heteroatoms.